The second-order valence-corrected chi connectivity index (χ2v) is 6.91. The van der Waals surface area contributed by atoms with Crippen LogP contribution < -0.4 is 10.0 Å². The van der Waals surface area contributed by atoms with E-state index >= 15 is 0 Å². The fourth-order valence-electron chi connectivity index (χ4n) is 1.44. The number of nitrogens with zero attached hydrogens (tertiary/aromatic N) is 2. The molecular formula is C10H14N4O3S2. The lowest BCUT2D eigenvalue weighted by Gasteiger charge is -2.02. The van der Waals surface area contributed by atoms with Gasteiger partial charge in [0.2, 0.25) is 16.4 Å². The smallest absolute Gasteiger partial charge is 0.250 e. The first-order valence-electron chi connectivity index (χ1n) is 5.60. The van der Waals surface area contributed by atoms with Gasteiger partial charge in [-0.15, -0.1) is 11.3 Å². The van der Waals surface area contributed by atoms with Gasteiger partial charge >= 0.3 is 0 Å². The van der Waals surface area contributed by atoms with Crippen molar-refractivity contribution in [3.63, 3.8) is 0 Å². The van der Waals surface area contributed by atoms with Gasteiger partial charge in [-0.05, 0) is 19.2 Å². The number of hydrogen-bond acceptors (Lipinski definition) is 7. The highest BCUT2D eigenvalue weighted by Gasteiger charge is 2.16. The van der Waals surface area contributed by atoms with Gasteiger partial charge in [0.1, 0.15) is 4.21 Å². The van der Waals surface area contributed by atoms with E-state index in [1.165, 1.54) is 17.7 Å². The highest BCUT2D eigenvalue weighted by atomic mass is 32.2. The summed E-state index contributed by atoms with van der Waals surface area (Å²) in [6.07, 6.45) is 1.61. The van der Waals surface area contributed by atoms with Crippen LogP contribution in [0, 0.1) is 0 Å². The largest absolute Gasteiger partial charge is 0.343 e. The number of hydrogen-bond donors (Lipinski definition) is 2. The van der Waals surface area contributed by atoms with Gasteiger partial charge in [-0.25, -0.2) is 13.1 Å². The Morgan fingerprint density at radius 1 is 1.42 bits per heavy atom. The Kier molecular flexibility index (Phi) is 4.64. The molecule has 104 valence electrons. The van der Waals surface area contributed by atoms with Crippen molar-refractivity contribution in [2.75, 3.05) is 13.6 Å². The van der Waals surface area contributed by atoms with Crippen molar-refractivity contribution >= 4 is 21.4 Å². The number of rotatable bonds is 7. The van der Waals surface area contributed by atoms with Crippen LogP contribution in [0.4, 0.5) is 0 Å². The third-order valence-corrected chi connectivity index (χ3v) is 5.34. The van der Waals surface area contributed by atoms with Crippen LogP contribution in [0.5, 0.6) is 0 Å². The van der Waals surface area contributed by atoms with E-state index in [1.807, 2.05) is 7.05 Å². The third-order valence-electron chi connectivity index (χ3n) is 2.30. The topological polar surface area (TPSA) is 97.1 Å². The van der Waals surface area contributed by atoms with Gasteiger partial charge in [-0.2, -0.15) is 4.98 Å². The van der Waals surface area contributed by atoms with E-state index in [9.17, 15) is 8.42 Å². The quantitative estimate of drug-likeness (QED) is 0.767. The Labute approximate surface area is 115 Å². The molecule has 0 aromatic carbocycles. The predicted molar refractivity (Wildman–Crippen MR) is 70.3 cm³/mol. The minimum absolute atomic E-state index is 0.237. The summed E-state index contributed by atoms with van der Waals surface area (Å²) in [4.78, 5) is 4.79. The van der Waals surface area contributed by atoms with Gasteiger partial charge < -0.3 is 9.84 Å². The number of aromatic nitrogens is 2. The van der Waals surface area contributed by atoms with Crippen molar-refractivity contribution in [1.82, 2.24) is 20.2 Å². The molecule has 0 atom stereocenters. The maximum atomic E-state index is 12.0. The van der Waals surface area contributed by atoms with Crippen molar-refractivity contribution in [2.24, 2.45) is 0 Å². The van der Waals surface area contributed by atoms with Crippen LogP contribution in [0.2, 0.25) is 0 Å². The molecule has 2 rings (SSSR count). The number of nitrogens with one attached hydrogen (secondary N) is 2. The SMILES string of the molecule is CNCc1ccc(S(=O)(=O)NCCc2ncon2)s1. The highest BCUT2D eigenvalue weighted by Crippen LogP contribution is 2.21. The van der Waals surface area contributed by atoms with Crippen LogP contribution in [0.1, 0.15) is 10.7 Å². The summed E-state index contributed by atoms with van der Waals surface area (Å²) >= 11 is 1.25. The second-order valence-electron chi connectivity index (χ2n) is 3.75. The average Bonchev–Trinajstić information content (AvgIpc) is 3.00. The summed E-state index contributed by atoms with van der Waals surface area (Å²) in [6, 6.07) is 3.41. The molecule has 7 nitrogen and oxygen atoms in total. The molecule has 2 heterocycles. The molecule has 0 saturated carbocycles. The first-order valence-corrected chi connectivity index (χ1v) is 7.90. The van der Waals surface area contributed by atoms with Gasteiger partial charge in [0.05, 0.1) is 0 Å². The van der Waals surface area contributed by atoms with Crippen LogP contribution in [0.25, 0.3) is 0 Å². The van der Waals surface area contributed by atoms with Gasteiger partial charge in [0.15, 0.2) is 5.82 Å². The van der Waals surface area contributed by atoms with Crippen LogP contribution in [-0.2, 0) is 23.0 Å². The molecule has 0 aliphatic heterocycles. The Morgan fingerprint density at radius 3 is 2.95 bits per heavy atom. The van der Waals surface area contributed by atoms with Crippen molar-refractivity contribution in [1.29, 1.82) is 0 Å². The molecule has 2 aromatic heterocycles. The highest BCUT2D eigenvalue weighted by molar-refractivity contribution is 7.91. The molecule has 0 spiro atoms. The maximum Gasteiger partial charge on any atom is 0.250 e. The van der Waals surface area contributed by atoms with Crippen molar-refractivity contribution < 1.29 is 12.9 Å². The van der Waals surface area contributed by atoms with Crippen molar-refractivity contribution in [2.45, 2.75) is 17.2 Å². The maximum absolute atomic E-state index is 12.0. The van der Waals surface area contributed by atoms with E-state index in [4.69, 9.17) is 0 Å². The molecule has 0 aliphatic rings. The molecular weight excluding hydrogens is 288 g/mol. The van der Waals surface area contributed by atoms with Gasteiger partial charge in [-0.3, -0.25) is 0 Å². The van der Waals surface area contributed by atoms with E-state index < -0.39 is 10.0 Å². The fraction of sp³-hybridized carbons (Fsp3) is 0.400. The zero-order valence-corrected chi connectivity index (χ0v) is 11.9. The zero-order valence-electron chi connectivity index (χ0n) is 10.3. The fourth-order valence-corrected chi connectivity index (χ4v) is 3.89. The summed E-state index contributed by atoms with van der Waals surface area (Å²) in [7, 11) is -1.64. The molecule has 19 heavy (non-hydrogen) atoms. The molecule has 2 N–H and O–H groups in total. The minimum Gasteiger partial charge on any atom is -0.343 e. The third kappa shape index (κ3) is 3.83. The number of thiophene rings is 1. The van der Waals surface area contributed by atoms with Crippen LogP contribution >= 0.6 is 11.3 Å². The molecule has 0 unspecified atom stereocenters. The standard InChI is InChI=1S/C10H14N4O3S2/c1-11-6-8-2-3-10(18-8)19(15,16)13-5-4-9-12-7-17-14-9/h2-3,7,11,13H,4-6H2,1H3. The van der Waals surface area contributed by atoms with Gasteiger partial charge in [0.25, 0.3) is 0 Å². The first kappa shape index (κ1) is 14.1. The Morgan fingerprint density at radius 2 is 2.26 bits per heavy atom. The van der Waals surface area contributed by atoms with E-state index in [0.717, 1.165) is 4.88 Å². The van der Waals surface area contributed by atoms with E-state index in [0.29, 0.717) is 23.0 Å². The Hall–Kier alpha value is -1.29. The lowest BCUT2D eigenvalue weighted by atomic mass is 10.4. The number of sulfonamides is 1. The molecule has 0 aliphatic carbocycles. The lowest BCUT2D eigenvalue weighted by Crippen LogP contribution is -2.25. The molecule has 0 amide bonds. The van der Waals surface area contributed by atoms with Crippen molar-refractivity contribution in [3.8, 4) is 0 Å². The molecule has 9 heteroatoms. The van der Waals surface area contributed by atoms with E-state index in [-0.39, 0.29) is 6.54 Å². The van der Waals surface area contributed by atoms with Gasteiger partial charge in [-0.1, -0.05) is 5.16 Å². The zero-order chi connectivity index (χ0) is 13.7. The molecule has 0 bridgehead atoms. The van der Waals surface area contributed by atoms with E-state index in [1.54, 1.807) is 12.1 Å². The van der Waals surface area contributed by atoms with Crippen LogP contribution in [0.3, 0.4) is 0 Å². The van der Waals surface area contributed by atoms with E-state index in [2.05, 4.69) is 24.7 Å². The monoisotopic (exact) mass is 302 g/mol. The summed E-state index contributed by atoms with van der Waals surface area (Å²) in [5.74, 6) is 0.477. The molecule has 2 aromatic rings. The Balaban J connectivity index is 1.93. The summed E-state index contributed by atoms with van der Waals surface area (Å²) in [5, 5.41) is 6.59. The van der Waals surface area contributed by atoms with Crippen molar-refractivity contribution in [3.05, 3.63) is 29.2 Å². The summed E-state index contributed by atoms with van der Waals surface area (Å²) < 4.78 is 31.4. The average molecular weight is 302 g/mol. The predicted octanol–water partition coefficient (Wildman–Crippen LogP) is 0.371. The molecule has 0 radical (unpaired) electrons. The normalized spacial score (nSPS) is 11.8. The summed E-state index contributed by atoms with van der Waals surface area (Å²) in [5.41, 5.74) is 0. The molecule has 0 fully saturated rings. The second kappa shape index (κ2) is 6.24. The van der Waals surface area contributed by atoms with Gasteiger partial charge in [0, 0.05) is 24.4 Å². The molecule has 0 saturated heterocycles. The minimum atomic E-state index is -3.46. The lowest BCUT2D eigenvalue weighted by molar-refractivity contribution is 0.410. The van der Waals surface area contributed by atoms with Crippen LogP contribution in [0.15, 0.2) is 27.3 Å². The Bertz CT molecular complexity index is 607. The first-order chi connectivity index (χ1) is 9.12. The van der Waals surface area contributed by atoms with Crippen LogP contribution in [-0.4, -0.2) is 32.2 Å². The summed E-state index contributed by atoms with van der Waals surface area (Å²) in [6.45, 7) is 0.893.